The van der Waals surface area contributed by atoms with Crippen LogP contribution in [0.1, 0.15) is 22.4 Å². The van der Waals surface area contributed by atoms with Crippen LogP contribution in [0.4, 0.5) is 0 Å². The summed E-state index contributed by atoms with van der Waals surface area (Å²) in [5.74, 6) is 0.824. The summed E-state index contributed by atoms with van der Waals surface area (Å²) < 4.78 is 6.10. The molecular weight excluding hydrogens is 368 g/mol. The third kappa shape index (κ3) is 3.58. The van der Waals surface area contributed by atoms with Crippen LogP contribution in [-0.4, -0.2) is 10.2 Å². The van der Waals surface area contributed by atoms with Gasteiger partial charge < -0.3 is 4.74 Å². The van der Waals surface area contributed by atoms with Crippen LogP contribution in [0.2, 0.25) is 5.02 Å². The zero-order chi connectivity index (χ0) is 19.7. The highest BCUT2D eigenvalue weighted by Gasteiger charge is 2.12. The number of hydrogen-bond donors (Lipinski definition) is 0. The molecule has 0 aliphatic heterocycles. The van der Waals surface area contributed by atoms with Crippen LogP contribution >= 0.6 is 11.6 Å². The Morgan fingerprint density at radius 3 is 2.57 bits per heavy atom. The SMILES string of the molecule is Cc1ccc(C)c(COc2cccc(-c3c(C)nnc4c(Cl)cccc34)c2)c1. The molecule has 0 unspecified atom stereocenters. The van der Waals surface area contributed by atoms with E-state index in [-0.39, 0.29) is 0 Å². The maximum atomic E-state index is 6.32. The van der Waals surface area contributed by atoms with E-state index >= 15 is 0 Å². The third-order valence-electron chi connectivity index (χ3n) is 4.94. The van der Waals surface area contributed by atoms with E-state index in [1.807, 2.05) is 37.3 Å². The number of fused-ring (bicyclic) bond motifs is 1. The standard InChI is InChI=1S/C24H21ClN2O/c1-15-10-11-16(2)19(12-15)14-28-20-7-4-6-18(13-20)23-17(3)26-27-24-21(23)8-5-9-22(24)25/h4-13H,14H2,1-3H3. The number of halogens is 1. The lowest BCUT2D eigenvalue weighted by Crippen LogP contribution is -1.99. The van der Waals surface area contributed by atoms with Gasteiger partial charge in [-0.05, 0) is 55.7 Å². The van der Waals surface area contributed by atoms with Gasteiger partial charge in [0, 0.05) is 10.9 Å². The molecule has 0 aliphatic rings. The van der Waals surface area contributed by atoms with Gasteiger partial charge in [0.15, 0.2) is 0 Å². The largest absolute Gasteiger partial charge is 0.489 e. The van der Waals surface area contributed by atoms with E-state index in [0.29, 0.717) is 17.1 Å². The number of rotatable bonds is 4. The van der Waals surface area contributed by atoms with Crippen molar-refractivity contribution in [3.05, 3.63) is 88.1 Å². The van der Waals surface area contributed by atoms with E-state index in [4.69, 9.17) is 16.3 Å². The van der Waals surface area contributed by atoms with Crippen LogP contribution in [0.15, 0.2) is 60.7 Å². The summed E-state index contributed by atoms with van der Waals surface area (Å²) in [6.45, 7) is 6.71. The molecule has 1 heterocycles. The van der Waals surface area contributed by atoms with Gasteiger partial charge in [0.25, 0.3) is 0 Å². The molecule has 1 aromatic heterocycles. The van der Waals surface area contributed by atoms with Gasteiger partial charge in [0.1, 0.15) is 17.9 Å². The van der Waals surface area contributed by atoms with E-state index in [2.05, 4.69) is 54.4 Å². The summed E-state index contributed by atoms with van der Waals surface area (Å²) in [5.41, 5.74) is 7.32. The summed E-state index contributed by atoms with van der Waals surface area (Å²) in [5, 5.41) is 10.2. The van der Waals surface area contributed by atoms with Crippen molar-refractivity contribution in [3.63, 3.8) is 0 Å². The lowest BCUT2D eigenvalue weighted by atomic mass is 9.99. The average Bonchev–Trinajstić information content (AvgIpc) is 2.69. The molecule has 0 aliphatic carbocycles. The molecule has 4 rings (SSSR count). The lowest BCUT2D eigenvalue weighted by Gasteiger charge is -2.13. The molecule has 0 radical (unpaired) electrons. The first-order chi connectivity index (χ1) is 13.5. The van der Waals surface area contributed by atoms with Crippen LogP contribution < -0.4 is 4.74 Å². The molecule has 0 saturated heterocycles. The number of nitrogens with zero attached hydrogens (tertiary/aromatic N) is 2. The second-order valence-electron chi connectivity index (χ2n) is 7.04. The van der Waals surface area contributed by atoms with E-state index < -0.39 is 0 Å². The Balaban J connectivity index is 1.70. The molecular formula is C24H21ClN2O. The normalized spacial score (nSPS) is 11.0. The molecule has 0 amide bonds. The molecule has 28 heavy (non-hydrogen) atoms. The first-order valence-electron chi connectivity index (χ1n) is 9.24. The molecule has 3 nitrogen and oxygen atoms in total. The zero-order valence-corrected chi connectivity index (χ0v) is 16.9. The van der Waals surface area contributed by atoms with Gasteiger partial charge in [-0.3, -0.25) is 0 Å². The second kappa shape index (κ2) is 7.61. The summed E-state index contributed by atoms with van der Waals surface area (Å²) in [6.07, 6.45) is 0. The van der Waals surface area contributed by atoms with Crippen molar-refractivity contribution in [1.29, 1.82) is 0 Å². The molecule has 140 valence electrons. The molecule has 0 fully saturated rings. The minimum absolute atomic E-state index is 0.539. The number of benzene rings is 3. The van der Waals surface area contributed by atoms with Gasteiger partial charge in [-0.25, -0.2) is 0 Å². The maximum Gasteiger partial charge on any atom is 0.120 e. The lowest BCUT2D eigenvalue weighted by molar-refractivity contribution is 0.305. The fourth-order valence-corrected chi connectivity index (χ4v) is 3.62. The number of hydrogen-bond acceptors (Lipinski definition) is 3. The maximum absolute atomic E-state index is 6.32. The first kappa shape index (κ1) is 18.5. The van der Waals surface area contributed by atoms with Crippen LogP contribution in [0.25, 0.3) is 22.0 Å². The van der Waals surface area contributed by atoms with Crippen molar-refractivity contribution in [3.8, 4) is 16.9 Å². The number of aryl methyl sites for hydroxylation is 3. The minimum atomic E-state index is 0.539. The van der Waals surface area contributed by atoms with Crippen LogP contribution in [-0.2, 0) is 6.61 Å². The van der Waals surface area contributed by atoms with Crippen molar-refractivity contribution in [2.45, 2.75) is 27.4 Å². The third-order valence-corrected chi connectivity index (χ3v) is 5.24. The molecule has 0 bridgehead atoms. The van der Waals surface area contributed by atoms with E-state index in [1.165, 1.54) is 16.7 Å². The predicted octanol–water partition coefficient (Wildman–Crippen LogP) is 6.45. The monoisotopic (exact) mass is 388 g/mol. The van der Waals surface area contributed by atoms with Gasteiger partial charge in [-0.1, -0.05) is 59.6 Å². The van der Waals surface area contributed by atoms with Gasteiger partial charge in [-0.2, -0.15) is 5.10 Å². The Bertz CT molecular complexity index is 1170. The first-order valence-corrected chi connectivity index (χ1v) is 9.61. The molecule has 0 saturated carbocycles. The van der Waals surface area contributed by atoms with Gasteiger partial charge in [-0.15, -0.1) is 5.10 Å². The van der Waals surface area contributed by atoms with Crippen LogP contribution in [0.3, 0.4) is 0 Å². The van der Waals surface area contributed by atoms with Crippen LogP contribution in [0.5, 0.6) is 5.75 Å². The highest BCUT2D eigenvalue weighted by molar-refractivity contribution is 6.35. The smallest absolute Gasteiger partial charge is 0.120 e. The average molecular weight is 389 g/mol. The van der Waals surface area contributed by atoms with Gasteiger partial charge in [0.05, 0.1) is 10.7 Å². The Morgan fingerprint density at radius 1 is 0.893 bits per heavy atom. The molecule has 4 heteroatoms. The fraction of sp³-hybridized carbons (Fsp3) is 0.167. The molecule has 0 N–H and O–H groups in total. The van der Waals surface area contributed by atoms with Gasteiger partial charge in [0.2, 0.25) is 0 Å². The van der Waals surface area contributed by atoms with E-state index in [1.54, 1.807) is 0 Å². The predicted molar refractivity (Wildman–Crippen MR) is 115 cm³/mol. The van der Waals surface area contributed by atoms with Gasteiger partial charge >= 0.3 is 0 Å². The van der Waals surface area contributed by atoms with Crippen molar-refractivity contribution in [2.75, 3.05) is 0 Å². The van der Waals surface area contributed by atoms with E-state index in [0.717, 1.165) is 28.0 Å². The molecule has 3 aromatic carbocycles. The minimum Gasteiger partial charge on any atom is -0.489 e. The number of ether oxygens (including phenoxy) is 1. The summed E-state index contributed by atoms with van der Waals surface area (Å²) in [7, 11) is 0. The molecule has 0 spiro atoms. The highest BCUT2D eigenvalue weighted by atomic mass is 35.5. The van der Waals surface area contributed by atoms with Crippen LogP contribution in [0, 0.1) is 20.8 Å². The summed E-state index contributed by atoms with van der Waals surface area (Å²) in [4.78, 5) is 0. The molecule has 4 aromatic rings. The Morgan fingerprint density at radius 2 is 1.71 bits per heavy atom. The Labute approximate surface area is 170 Å². The summed E-state index contributed by atoms with van der Waals surface area (Å²) in [6, 6.07) is 20.3. The van der Waals surface area contributed by atoms with Crippen molar-refractivity contribution >= 4 is 22.5 Å². The number of aromatic nitrogens is 2. The quantitative estimate of drug-likeness (QED) is 0.402. The highest BCUT2D eigenvalue weighted by Crippen LogP contribution is 2.34. The second-order valence-corrected chi connectivity index (χ2v) is 7.45. The van der Waals surface area contributed by atoms with Crippen molar-refractivity contribution in [1.82, 2.24) is 10.2 Å². The topological polar surface area (TPSA) is 35.0 Å². The molecule has 0 atom stereocenters. The fourth-order valence-electron chi connectivity index (χ4n) is 3.41. The van der Waals surface area contributed by atoms with E-state index in [9.17, 15) is 0 Å². The zero-order valence-electron chi connectivity index (χ0n) is 16.2. The van der Waals surface area contributed by atoms with Crippen molar-refractivity contribution < 1.29 is 4.74 Å². The summed E-state index contributed by atoms with van der Waals surface area (Å²) >= 11 is 6.32. The van der Waals surface area contributed by atoms with Crippen molar-refractivity contribution in [2.24, 2.45) is 0 Å². The Hall–Kier alpha value is -2.91. The Kier molecular flexibility index (Phi) is 5.01.